The SMILES string of the molecule is COc1ccc(C2(Cl)CCc3ccccc32)cc1. The summed E-state index contributed by atoms with van der Waals surface area (Å²) in [7, 11) is 1.68. The van der Waals surface area contributed by atoms with Gasteiger partial charge in [-0.15, -0.1) is 11.6 Å². The Hall–Kier alpha value is -1.47. The van der Waals surface area contributed by atoms with Crippen molar-refractivity contribution in [2.45, 2.75) is 17.7 Å². The summed E-state index contributed by atoms with van der Waals surface area (Å²) < 4.78 is 5.19. The second-order valence-electron chi connectivity index (χ2n) is 4.69. The molecule has 2 aromatic carbocycles. The zero-order chi connectivity index (χ0) is 12.6. The molecule has 1 aliphatic carbocycles. The highest BCUT2D eigenvalue weighted by Gasteiger charge is 2.38. The molecular formula is C16H15ClO. The van der Waals surface area contributed by atoms with E-state index in [1.54, 1.807) is 7.11 Å². The van der Waals surface area contributed by atoms with Crippen LogP contribution in [-0.4, -0.2) is 7.11 Å². The van der Waals surface area contributed by atoms with Crippen molar-refractivity contribution < 1.29 is 4.74 Å². The molecule has 0 heterocycles. The normalized spacial score (nSPS) is 21.7. The van der Waals surface area contributed by atoms with Crippen LogP contribution in [0.2, 0.25) is 0 Å². The summed E-state index contributed by atoms with van der Waals surface area (Å²) in [5.74, 6) is 0.866. The number of benzene rings is 2. The average molecular weight is 259 g/mol. The van der Waals surface area contributed by atoms with Gasteiger partial charge in [-0.2, -0.15) is 0 Å². The van der Waals surface area contributed by atoms with Crippen molar-refractivity contribution in [2.24, 2.45) is 0 Å². The minimum atomic E-state index is -0.372. The van der Waals surface area contributed by atoms with Crippen LogP contribution < -0.4 is 4.74 Å². The third-order valence-electron chi connectivity index (χ3n) is 3.73. The second kappa shape index (κ2) is 4.33. The molecule has 0 aliphatic heterocycles. The average Bonchev–Trinajstić information content (AvgIpc) is 2.78. The molecule has 0 radical (unpaired) electrons. The maximum Gasteiger partial charge on any atom is 0.118 e. The van der Waals surface area contributed by atoms with Crippen molar-refractivity contribution >= 4 is 11.6 Å². The summed E-state index contributed by atoms with van der Waals surface area (Å²) in [4.78, 5) is -0.372. The van der Waals surface area contributed by atoms with Crippen LogP contribution in [0.4, 0.5) is 0 Å². The van der Waals surface area contributed by atoms with Crippen molar-refractivity contribution in [3.63, 3.8) is 0 Å². The van der Waals surface area contributed by atoms with E-state index in [1.807, 2.05) is 12.1 Å². The van der Waals surface area contributed by atoms with Crippen LogP contribution in [0.3, 0.4) is 0 Å². The lowest BCUT2D eigenvalue weighted by Gasteiger charge is -2.23. The first-order chi connectivity index (χ1) is 8.74. The van der Waals surface area contributed by atoms with E-state index < -0.39 is 0 Å². The zero-order valence-electron chi connectivity index (χ0n) is 10.3. The number of alkyl halides is 1. The summed E-state index contributed by atoms with van der Waals surface area (Å²) in [5.41, 5.74) is 3.76. The van der Waals surface area contributed by atoms with E-state index in [1.165, 1.54) is 11.1 Å². The van der Waals surface area contributed by atoms with Crippen molar-refractivity contribution in [3.05, 3.63) is 65.2 Å². The van der Waals surface area contributed by atoms with Gasteiger partial charge < -0.3 is 4.74 Å². The number of methoxy groups -OCH3 is 1. The Morgan fingerprint density at radius 1 is 1.06 bits per heavy atom. The Morgan fingerprint density at radius 2 is 1.78 bits per heavy atom. The Balaban J connectivity index is 2.05. The minimum absolute atomic E-state index is 0.372. The van der Waals surface area contributed by atoms with Crippen LogP contribution in [0.1, 0.15) is 23.1 Å². The molecule has 1 atom stereocenters. The fourth-order valence-electron chi connectivity index (χ4n) is 2.72. The van der Waals surface area contributed by atoms with E-state index in [0.29, 0.717) is 0 Å². The lowest BCUT2D eigenvalue weighted by atomic mass is 9.92. The largest absolute Gasteiger partial charge is 0.497 e. The van der Waals surface area contributed by atoms with E-state index in [4.69, 9.17) is 16.3 Å². The topological polar surface area (TPSA) is 9.23 Å². The third kappa shape index (κ3) is 1.70. The summed E-state index contributed by atoms with van der Waals surface area (Å²) in [6, 6.07) is 16.5. The number of ether oxygens (including phenoxy) is 1. The fraction of sp³-hybridized carbons (Fsp3) is 0.250. The summed E-state index contributed by atoms with van der Waals surface area (Å²) in [6.45, 7) is 0. The molecule has 2 heteroatoms. The van der Waals surface area contributed by atoms with E-state index in [-0.39, 0.29) is 4.87 Å². The number of hydrogen-bond donors (Lipinski definition) is 0. The van der Waals surface area contributed by atoms with Crippen LogP contribution in [0, 0.1) is 0 Å². The molecule has 18 heavy (non-hydrogen) atoms. The molecule has 92 valence electrons. The zero-order valence-corrected chi connectivity index (χ0v) is 11.1. The van der Waals surface area contributed by atoms with Gasteiger partial charge in [0.05, 0.1) is 12.0 Å². The number of rotatable bonds is 2. The molecule has 0 amide bonds. The van der Waals surface area contributed by atoms with E-state index >= 15 is 0 Å². The molecule has 1 aliphatic rings. The molecule has 1 nitrogen and oxygen atoms in total. The van der Waals surface area contributed by atoms with Gasteiger partial charge in [0.15, 0.2) is 0 Å². The highest BCUT2D eigenvalue weighted by atomic mass is 35.5. The van der Waals surface area contributed by atoms with E-state index in [0.717, 1.165) is 24.2 Å². The van der Waals surface area contributed by atoms with Crippen molar-refractivity contribution in [1.82, 2.24) is 0 Å². The van der Waals surface area contributed by atoms with Crippen LogP contribution in [0.15, 0.2) is 48.5 Å². The molecule has 0 bridgehead atoms. The predicted molar refractivity (Wildman–Crippen MR) is 74.4 cm³/mol. The van der Waals surface area contributed by atoms with Gasteiger partial charge in [0.2, 0.25) is 0 Å². The van der Waals surface area contributed by atoms with Crippen LogP contribution in [0.25, 0.3) is 0 Å². The van der Waals surface area contributed by atoms with Gasteiger partial charge in [-0.25, -0.2) is 0 Å². The van der Waals surface area contributed by atoms with Gasteiger partial charge in [0.25, 0.3) is 0 Å². The standard InChI is InChI=1S/C16H15ClO/c1-18-14-8-6-13(7-9-14)16(17)11-10-12-4-2-3-5-15(12)16/h2-9H,10-11H2,1H3. The molecule has 0 aromatic heterocycles. The van der Waals surface area contributed by atoms with Gasteiger partial charge in [-0.1, -0.05) is 36.4 Å². The Labute approximate surface area is 112 Å². The molecule has 0 saturated carbocycles. The maximum atomic E-state index is 6.88. The Morgan fingerprint density at radius 3 is 2.50 bits per heavy atom. The first-order valence-corrected chi connectivity index (χ1v) is 6.54. The Bertz CT molecular complexity index is 562. The van der Waals surface area contributed by atoms with E-state index in [2.05, 4.69) is 36.4 Å². The lowest BCUT2D eigenvalue weighted by molar-refractivity contribution is 0.414. The number of fused-ring (bicyclic) bond motifs is 1. The Kier molecular flexibility index (Phi) is 2.79. The number of halogens is 1. The highest BCUT2D eigenvalue weighted by Crippen LogP contribution is 2.47. The molecular weight excluding hydrogens is 244 g/mol. The van der Waals surface area contributed by atoms with Gasteiger partial charge in [0.1, 0.15) is 5.75 Å². The third-order valence-corrected chi connectivity index (χ3v) is 4.34. The molecule has 3 rings (SSSR count). The van der Waals surface area contributed by atoms with Crippen molar-refractivity contribution in [2.75, 3.05) is 7.11 Å². The molecule has 1 unspecified atom stereocenters. The predicted octanol–water partition coefficient (Wildman–Crippen LogP) is 4.12. The van der Waals surface area contributed by atoms with Gasteiger partial charge >= 0.3 is 0 Å². The molecule has 0 saturated heterocycles. The lowest BCUT2D eigenvalue weighted by Crippen LogP contribution is -2.16. The number of aryl methyl sites for hydroxylation is 1. The smallest absolute Gasteiger partial charge is 0.118 e. The van der Waals surface area contributed by atoms with E-state index in [9.17, 15) is 0 Å². The molecule has 2 aromatic rings. The number of hydrogen-bond acceptors (Lipinski definition) is 1. The molecule has 0 N–H and O–H groups in total. The molecule has 0 spiro atoms. The van der Waals surface area contributed by atoms with Crippen LogP contribution >= 0.6 is 11.6 Å². The van der Waals surface area contributed by atoms with Crippen molar-refractivity contribution in [3.8, 4) is 5.75 Å². The van der Waals surface area contributed by atoms with Crippen LogP contribution in [-0.2, 0) is 11.3 Å². The summed E-state index contributed by atoms with van der Waals surface area (Å²) in [5, 5.41) is 0. The fourth-order valence-corrected chi connectivity index (χ4v) is 3.13. The van der Waals surface area contributed by atoms with Gasteiger partial charge in [0, 0.05) is 0 Å². The summed E-state index contributed by atoms with van der Waals surface area (Å²) in [6.07, 6.45) is 2.01. The maximum absolute atomic E-state index is 6.88. The first-order valence-electron chi connectivity index (χ1n) is 6.16. The first kappa shape index (κ1) is 11.6. The second-order valence-corrected chi connectivity index (χ2v) is 5.33. The quantitative estimate of drug-likeness (QED) is 0.736. The van der Waals surface area contributed by atoms with Gasteiger partial charge in [-0.3, -0.25) is 0 Å². The van der Waals surface area contributed by atoms with Crippen molar-refractivity contribution in [1.29, 1.82) is 0 Å². The van der Waals surface area contributed by atoms with Gasteiger partial charge in [-0.05, 0) is 41.7 Å². The highest BCUT2D eigenvalue weighted by molar-refractivity contribution is 6.26. The van der Waals surface area contributed by atoms with Crippen LogP contribution in [0.5, 0.6) is 5.75 Å². The minimum Gasteiger partial charge on any atom is -0.497 e. The summed E-state index contributed by atoms with van der Waals surface area (Å²) >= 11 is 6.88. The monoisotopic (exact) mass is 258 g/mol. The molecule has 0 fully saturated rings.